The van der Waals surface area contributed by atoms with Crippen molar-refractivity contribution in [3.63, 3.8) is 0 Å². The monoisotopic (exact) mass is 252 g/mol. The van der Waals surface area contributed by atoms with Crippen molar-refractivity contribution in [3.05, 3.63) is 0 Å². The lowest BCUT2D eigenvalue weighted by molar-refractivity contribution is 0.00269. The lowest BCUT2D eigenvalue weighted by Gasteiger charge is -2.49. The molecule has 0 aromatic carbocycles. The Kier molecular flexibility index (Phi) is 5.74. The molecule has 0 aromatic rings. The minimum Gasteiger partial charge on any atom is -0.0651 e. The van der Waals surface area contributed by atoms with Gasteiger partial charge in [0.1, 0.15) is 0 Å². The Morgan fingerprint density at radius 3 is 1.72 bits per heavy atom. The molecule has 0 amide bonds. The van der Waals surface area contributed by atoms with Gasteiger partial charge in [-0.25, -0.2) is 0 Å². The van der Waals surface area contributed by atoms with Crippen LogP contribution in [0.4, 0.5) is 0 Å². The molecule has 0 nitrogen and oxygen atoms in total. The van der Waals surface area contributed by atoms with Gasteiger partial charge < -0.3 is 0 Å². The highest BCUT2D eigenvalue weighted by Gasteiger charge is 2.41. The van der Waals surface area contributed by atoms with Gasteiger partial charge in [-0.3, -0.25) is 0 Å². The molecule has 6 unspecified atom stereocenters. The topological polar surface area (TPSA) is 0 Å². The molecule has 1 rings (SSSR count). The van der Waals surface area contributed by atoms with Crippen LogP contribution in [0.2, 0.25) is 0 Å². The average molecular weight is 252 g/mol. The number of hydrogen-bond donors (Lipinski definition) is 0. The first-order chi connectivity index (χ1) is 8.31. The Labute approximate surface area is 116 Å². The Bertz CT molecular complexity index is 220. The van der Waals surface area contributed by atoms with Gasteiger partial charge in [-0.15, -0.1) is 0 Å². The van der Waals surface area contributed by atoms with Gasteiger partial charge in [0.05, 0.1) is 0 Å². The molecule has 18 heavy (non-hydrogen) atoms. The van der Waals surface area contributed by atoms with E-state index in [1.54, 1.807) is 0 Å². The molecule has 108 valence electrons. The van der Waals surface area contributed by atoms with Crippen LogP contribution >= 0.6 is 0 Å². The summed E-state index contributed by atoms with van der Waals surface area (Å²) in [5.41, 5.74) is 0. The molecule has 1 aliphatic rings. The van der Waals surface area contributed by atoms with Crippen molar-refractivity contribution >= 4 is 0 Å². The molecule has 0 saturated heterocycles. The third kappa shape index (κ3) is 3.11. The molecule has 0 bridgehead atoms. The van der Waals surface area contributed by atoms with Gasteiger partial charge in [0.2, 0.25) is 0 Å². The summed E-state index contributed by atoms with van der Waals surface area (Å²) in [7, 11) is 0. The fourth-order valence-electron chi connectivity index (χ4n) is 4.97. The summed E-state index contributed by atoms with van der Waals surface area (Å²) in [6.07, 6.45) is 2.79. The van der Waals surface area contributed by atoms with Gasteiger partial charge in [0.25, 0.3) is 0 Å². The molecular weight excluding hydrogens is 216 g/mol. The highest BCUT2D eigenvalue weighted by Crippen LogP contribution is 2.48. The quantitative estimate of drug-likeness (QED) is 0.554. The van der Waals surface area contributed by atoms with Gasteiger partial charge in [0.15, 0.2) is 0 Å². The van der Waals surface area contributed by atoms with Crippen molar-refractivity contribution < 1.29 is 0 Å². The van der Waals surface area contributed by atoms with E-state index in [4.69, 9.17) is 0 Å². The van der Waals surface area contributed by atoms with E-state index in [0.29, 0.717) is 0 Å². The Hall–Kier alpha value is 0. The van der Waals surface area contributed by atoms with Crippen LogP contribution in [0.1, 0.15) is 68.2 Å². The van der Waals surface area contributed by atoms with E-state index in [1.165, 1.54) is 12.8 Å². The molecular formula is C18H36. The zero-order valence-corrected chi connectivity index (χ0v) is 14.0. The summed E-state index contributed by atoms with van der Waals surface area (Å²) in [4.78, 5) is 0. The lowest BCUT2D eigenvalue weighted by atomic mass is 9.57. The van der Waals surface area contributed by atoms with Gasteiger partial charge >= 0.3 is 0 Å². The maximum absolute atomic E-state index is 2.52. The molecule has 1 saturated carbocycles. The van der Waals surface area contributed by atoms with Crippen molar-refractivity contribution in [2.75, 3.05) is 0 Å². The lowest BCUT2D eigenvalue weighted by Crippen LogP contribution is -2.42. The predicted molar refractivity (Wildman–Crippen MR) is 82.5 cm³/mol. The van der Waals surface area contributed by atoms with Crippen molar-refractivity contribution in [1.29, 1.82) is 0 Å². The molecule has 0 N–H and O–H groups in total. The standard InChI is InChI=1S/C18H36/c1-9-17(11(2)3)15(7)14(6)16(8)18-12(4)10-13(18)5/h11-18H,9-10H2,1-8H3. The van der Waals surface area contributed by atoms with E-state index in [0.717, 1.165) is 47.3 Å². The fourth-order valence-corrected chi connectivity index (χ4v) is 4.97. The Morgan fingerprint density at radius 1 is 0.889 bits per heavy atom. The van der Waals surface area contributed by atoms with Crippen molar-refractivity contribution in [3.8, 4) is 0 Å². The van der Waals surface area contributed by atoms with Crippen LogP contribution in [0.5, 0.6) is 0 Å². The first-order valence-corrected chi connectivity index (χ1v) is 8.31. The Balaban J connectivity index is 2.64. The first kappa shape index (κ1) is 16.1. The van der Waals surface area contributed by atoms with Crippen LogP contribution in [0.25, 0.3) is 0 Å². The second-order valence-corrected chi connectivity index (χ2v) is 7.66. The van der Waals surface area contributed by atoms with Gasteiger partial charge in [-0.1, -0.05) is 61.8 Å². The maximum Gasteiger partial charge on any atom is -0.0334 e. The van der Waals surface area contributed by atoms with E-state index < -0.39 is 0 Å². The minimum atomic E-state index is 0.830. The first-order valence-electron chi connectivity index (χ1n) is 8.31. The normalized spacial score (nSPS) is 34.8. The summed E-state index contributed by atoms with van der Waals surface area (Å²) in [5, 5.41) is 0. The van der Waals surface area contributed by atoms with Crippen LogP contribution in [-0.4, -0.2) is 0 Å². The highest BCUT2D eigenvalue weighted by molar-refractivity contribution is 4.90. The molecule has 0 aromatic heterocycles. The summed E-state index contributed by atoms with van der Waals surface area (Å²) in [6, 6.07) is 0. The fraction of sp³-hybridized carbons (Fsp3) is 1.00. The molecule has 0 radical (unpaired) electrons. The van der Waals surface area contributed by atoms with Crippen LogP contribution < -0.4 is 0 Å². The second kappa shape index (κ2) is 6.44. The van der Waals surface area contributed by atoms with E-state index in [2.05, 4.69) is 55.4 Å². The van der Waals surface area contributed by atoms with Gasteiger partial charge in [-0.2, -0.15) is 0 Å². The van der Waals surface area contributed by atoms with Crippen LogP contribution in [0.3, 0.4) is 0 Å². The third-order valence-electron chi connectivity index (χ3n) is 6.33. The molecule has 1 aliphatic carbocycles. The number of hydrogen-bond acceptors (Lipinski definition) is 0. The minimum absolute atomic E-state index is 0.830. The summed E-state index contributed by atoms with van der Waals surface area (Å²) < 4.78 is 0. The van der Waals surface area contributed by atoms with Crippen LogP contribution in [-0.2, 0) is 0 Å². The average Bonchev–Trinajstić information content (AvgIpc) is 2.27. The van der Waals surface area contributed by atoms with E-state index in [-0.39, 0.29) is 0 Å². The summed E-state index contributed by atoms with van der Waals surface area (Å²) in [6.45, 7) is 19.6. The number of rotatable bonds is 6. The van der Waals surface area contributed by atoms with Crippen molar-refractivity contribution in [2.45, 2.75) is 68.2 Å². The van der Waals surface area contributed by atoms with Crippen molar-refractivity contribution in [2.24, 2.45) is 47.3 Å². The van der Waals surface area contributed by atoms with E-state index in [1.807, 2.05) is 0 Å². The van der Waals surface area contributed by atoms with E-state index >= 15 is 0 Å². The molecule has 0 heteroatoms. The largest absolute Gasteiger partial charge is 0.0651 e. The predicted octanol–water partition coefficient (Wildman–Crippen LogP) is 5.87. The molecule has 6 atom stereocenters. The van der Waals surface area contributed by atoms with Crippen LogP contribution in [0, 0.1) is 47.3 Å². The molecule has 0 aliphatic heterocycles. The smallest absolute Gasteiger partial charge is 0.0334 e. The van der Waals surface area contributed by atoms with Gasteiger partial charge in [0, 0.05) is 0 Å². The summed E-state index contributed by atoms with van der Waals surface area (Å²) in [5.74, 6) is 7.26. The van der Waals surface area contributed by atoms with Crippen molar-refractivity contribution in [1.82, 2.24) is 0 Å². The zero-order chi connectivity index (χ0) is 14.0. The molecule has 1 fully saturated rings. The second-order valence-electron chi connectivity index (χ2n) is 7.66. The van der Waals surface area contributed by atoms with Crippen LogP contribution in [0.15, 0.2) is 0 Å². The zero-order valence-electron chi connectivity index (χ0n) is 14.0. The molecule has 0 heterocycles. The highest BCUT2D eigenvalue weighted by atomic mass is 14.5. The van der Waals surface area contributed by atoms with E-state index in [9.17, 15) is 0 Å². The Morgan fingerprint density at radius 2 is 1.39 bits per heavy atom. The summed E-state index contributed by atoms with van der Waals surface area (Å²) >= 11 is 0. The van der Waals surface area contributed by atoms with Gasteiger partial charge in [-0.05, 0) is 53.8 Å². The SMILES string of the molecule is CCC(C(C)C)C(C)C(C)C(C)C1C(C)CC1C. The molecule has 0 spiro atoms. The third-order valence-corrected chi connectivity index (χ3v) is 6.33. The maximum atomic E-state index is 2.52.